The van der Waals surface area contributed by atoms with Crippen LogP contribution in [0.25, 0.3) is 0 Å². The number of nitrogens with two attached hydrogens (primary N) is 1. The molecular formula is C14H18BrN3S. The third-order valence-electron chi connectivity index (χ3n) is 2.80. The summed E-state index contributed by atoms with van der Waals surface area (Å²) in [5.41, 5.74) is 7.39. The summed E-state index contributed by atoms with van der Waals surface area (Å²) >= 11 is 5.34. The summed E-state index contributed by atoms with van der Waals surface area (Å²) in [4.78, 5) is 1.24. The molecule has 0 saturated carbocycles. The highest BCUT2D eigenvalue weighted by atomic mass is 79.9. The van der Waals surface area contributed by atoms with Gasteiger partial charge in [0.2, 0.25) is 0 Å². The number of hydrogen-bond acceptors (Lipinski definition) is 3. The van der Waals surface area contributed by atoms with Crippen LogP contribution in [0.3, 0.4) is 0 Å². The Kier molecular flexibility index (Phi) is 5.48. The Morgan fingerprint density at radius 2 is 2.21 bits per heavy atom. The topological polar surface area (TPSA) is 43.8 Å². The Morgan fingerprint density at radius 1 is 1.42 bits per heavy atom. The number of hydrogen-bond donors (Lipinski definition) is 1. The lowest BCUT2D eigenvalue weighted by Crippen LogP contribution is -2.25. The molecule has 0 amide bonds. The lowest BCUT2D eigenvalue weighted by Gasteiger charge is -2.10. The molecule has 0 saturated heterocycles. The fourth-order valence-electron chi connectivity index (χ4n) is 1.81. The maximum Gasteiger partial charge on any atom is 0.0522 e. The smallest absolute Gasteiger partial charge is 0.0522 e. The van der Waals surface area contributed by atoms with E-state index < -0.39 is 0 Å². The van der Waals surface area contributed by atoms with E-state index in [-0.39, 0.29) is 6.04 Å². The zero-order chi connectivity index (χ0) is 13.7. The SMILES string of the molecule is CCn1cc(CC(N)CSc2ccccc2Br)cn1. The second kappa shape index (κ2) is 7.12. The maximum atomic E-state index is 6.18. The van der Waals surface area contributed by atoms with Crippen molar-refractivity contribution in [1.82, 2.24) is 9.78 Å². The summed E-state index contributed by atoms with van der Waals surface area (Å²) in [5, 5.41) is 4.27. The fourth-order valence-corrected chi connectivity index (χ4v) is 3.33. The number of aromatic nitrogens is 2. The zero-order valence-corrected chi connectivity index (χ0v) is 13.3. The van der Waals surface area contributed by atoms with E-state index in [2.05, 4.69) is 46.3 Å². The fraction of sp³-hybridized carbons (Fsp3) is 0.357. The summed E-state index contributed by atoms with van der Waals surface area (Å²) < 4.78 is 3.06. The number of rotatable bonds is 6. The summed E-state index contributed by atoms with van der Waals surface area (Å²) in [6.45, 7) is 2.99. The molecule has 0 aliphatic carbocycles. The molecule has 5 heteroatoms. The first-order valence-corrected chi connectivity index (χ1v) is 8.11. The van der Waals surface area contributed by atoms with Crippen molar-refractivity contribution in [2.75, 3.05) is 5.75 Å². The Morgan fingerprint density at radius 3 is 2.89 bits per heavy atom. The molecule has 0 aliphatic heterocycles. The molecule has 0 radical (unpaired) electrons. The molecule has 2 N–H and O–H groups in total. The molecule has 1 unspecified atom stereocenters. The number of aryl methyl sites for hydroxylation is 1. The van der Waals surface area contributed by atoms with Crippen molar-refractivity contribution in [2.24, 2.45) is 5.73 Å². The van der Waals surface area contributed by atoms with E-state index >= 15 is 0 Å². The molecule has 0 aliphatic rings. The van der Waals surface area contributed by atoms with Crippen molar-refractivity contribution >= 4 is 27.7 Å². The van der Waals surface area contributed by atoms with Crippen LogP contribution in [0.15, 0.2) is 46.0 Å². The van der Waals surface area contributed by atoms with Crippen molar-refractivity contribution in [3.8, 4) is 0 Å². The summed E-state index contributed by atoms with van der Waals surface area (Å²) in [6.07, 6.45) is 4.85. The third kappa shape index (κ3) is 4.37. The highest BCUT2D eigenvalue weighted by Crippen LogP contribution is 2.27. The quantitative estimate of drug-likeness (QED) is 0.821. The molecule has 0 fully saturated rings. The highest BCUT2D eigenvalue weighted by Gasteiger charge is 2.08. The van der Waals surface area contributed by atoms with Gasteiger partial charge in [0.25, 0.3) is 0 Å². The predicted molar refractivity (Wildman–Crippen MR) is 84.4 cm³/mol. The average molecular weight is 340 g/mol. The van der Waals surface area contributed by atoms with Crippen LogP contribution in [0, 0.1) is 0 Å². The van der Waals surface area contributed by atoms with Gasteiger partial charge in [-0.2, -0.15) is 5.10 Å². The summed E-state index contributed by atoms with van der Waals surface area (Å²) in [6, 6.07) is 8.37. The first-order valence-electron chi connectivity index (χ1n) is 6.33. The molecule has 0 spiro atoms. The predicted octanol–water partition coefficient (Wildman–Crippen LogP) is 3.33. The Balaban J connectivity index is 1.84. The van der Waals surface area contributed by atoms with Gasteiger partial charge in [-0.3, -0.25) is 4.68 Å². The van der Waals surface area contributed by atoms with Crippen LogP contribution < -0.4 is 5.73 Å². The van der Waals surface area contributed by atoms with E-state index in [0.717, 1.165) is 23.2 Å². The van der Waals surface area contributed by atoms with Crippen LogP contribution >= 0.6 is 27.7 Å². The molecule has 3 nitrogen and oxygen atoms in total. The molecule has 1 aromatic carbocycles. The first kappa shape index (κ1) is 14.6. The Hall–Kier alpha value is -0.780. The molecule has 2 aromatic rings. The van der Waals surface area contributed by atoms with Gasteiger partial charge in [0, 0.05) is 33.9 Å². The van der Waals surface area contributed by atoms with E-state index in [9.17, 15) is 0 Å². The van der Waals surface area contributed by atoms with Gasteiger partial charge < -0.3 is 5.73 Å². The molecule has 1 aromatic heterocycles. The van der Waals surface area contributed by atoms with Crippen LogP contribution in [0.2, 0.25) is 0 Å². The molecule has 2 rings (SSSR count). The van der Waals surface area contributed by atoms with Crippen molar-refractivity contribution < 1.29 is 0 Å². The minimum Gasteiger partial charge on any atom is -0.327 e. The van der Waals surface area contributed by atoms with Gasteiger partial charge in [-0.05, 0) is 47.0 Å². The number of nitrogens with zero attached hydrogens (tertiary/aromatic N) is 2. The van der Waals surface area contributed by atoms with Gasteiger partial charge in [0.05, 0.1) is 6.20 Å². The molecule has 102 valence electrons. The van der Waals surface area contributed by atoms with Gasteiger partial charge in [-0.25, -0.2) is 0 Å². The molecule has 0 bridgehead atoms. The van der Waals surface area contributed by atoms with Gasteiger partial charge >= 0.3 is 0 Å². The Bertz CT molecular complexity index is 527. The van der Waals surface area contributed by atoms with E-state index in [0.29, 0.717) is 0 Å². The van der Waals surface area contributed by atoms with Crippen LogP contribution in [-0.4, -0.2) is 21.6 Å². The minimum absolute atomic E-state index is 0.145. The zero-order valence-electron chi connectivity index (χ0n) is 10.9. The lowest BCUT2D eigenvalue weighted by molar-refractivity contribution is 0.658. The van der Waals surface area contributed by atoms with Gasteiger partial charge in [-0.1, -0.05) is 12.1 Å². The van der Waals surface area contributed by atoms with Crippen LogP contribution in [0.4, 0.5) is 0 Å². The van der Waals surface area contributed by atoms with Crippen LogP contribution in [-0.2, 0) is 13.0 Å². The monoisotopic (exact) mass is 339 g/mol. The number of thioether (sulfide) groups is 1. The van der Waals surface area contributed by atoms with Gasteiger partial charge in [-0.15, -0.1) is 11.8 Å². The van der Waals surface area contributed by atoms with E-state index in [1.165, 1.54) is 10.5 Å². The van der Waals surface area contributed by atoms with Crippen molar-refractivity contribution in [3.63, 3.8) is 0 Å². The molecule has 1 atom stereocenters. The largest absolute Gasteiger partial charge is 0.327 e. The van der Waals surface area contributed by atoms with Crippen molar-refractivity contribution in [3.05, 3.63) is 46.7 Å². The summed E-state index contributed by atoms with van der Waals surface area (Å²) in [5.74, 6) is 0.903. The highest BCUT2D eigenvalue weighted by molar-refractivity contribution is 9.10. The Labute approximate surface area is 126 Å². The average Bonchev–Trinajstić information content (AvgIpc) is 2.85. The summed E-state index contributed by atoms with van der Waals surface area (Å²) in [7, 11) is 0. The molecular weight excluding hydrogens is 322 g/mol. The second-order valence-electron chi connectivity index (χ2n) is 4.41. The van der Waals surface area contributed by atoms with Crippen LogP contribution in [0.1, 0.15) is 12.5 Å². The maximum absolute atomic E-state index is 6.18. The normalized spacial score (nSPS) is 12.6. The third-order valence-corrected chi connectivity index (χ3v) is 5.01. The van der Waals surface area contributed by atoms with Gasteiger partial charge in [0.1, 0.15) is 0 Å². The molecule has 1 heterocycles. The van der Waals surface area contributed by atoms with E-state index in [4.69, 9.17) is 5.73 Å². The standard InChI is InChI=1S/C14H18BrN3S/c1-2-18-9-11(8-17-18)7-12(16)10-19-14-6-4-3-5-13(14)15/h3-6,8-9,12H,2,7,10,16H2,1H3. The second-order valence-corrected chi connectivity index (χ2v) is 6.33. The number of benzene rings is 1. The van der Waals surface area contributed by atoms with Crippen molar-refractivity contribution in [2.45, 2.75) is 30.8 Å². The van der Waals surface area contributed by atoms with Gasteiger partial charge in [0.15, 0.2) is 0 Å². The number of halogens is 1. The van der Waals surface area contributed by atoms with E-state index in [1.807, 2.05) is 23.0 Å². The van der Waals surface area contributed by atoms with Crippen molar-refractivity contribution in [1.29, 1.82) is 0 Å². The minimum atomic E-state index is 0.145. The van der Waals surface area contributed by atoms with E-state index in [1.54, 1.807) is 11.8 Å². The molecule has 19 heavy (non-hydrogen) atoms. The lowest BCUT2D eigenvalue weighted by atomic mass is 10.1. The van der Waals surface area contributed by atoms with Crippen LogP contribution in [0.5, 0.6) is 0 Å². The first-order chi connectivity index (χ1) is 9.19.